The molecule has 0 aliphatic rings. The van der Waals surface area contributed by atoms with Crippen LogP contribution in [0.25, 0.3) is 0 Å². The topological polar surface area (TPSA) is 0 Å². The van der Waals surface area contributed by atoms with Crippen LogP contribution in [0.3, 0.4) is 0 Å². The second-order valence-electron chi connectivity index (χ2n) is 5.00. The molecule has 0 fully saturated rings. The van der Waals surface area contributed by atoms with Crippen molar-refractivity contribution in [3.8, 4) is 0 Å². The van der Waals surface area contributed by atoms with Gasteiger partial charge in [-0.25, -0.2) is 18.2 Å². The Bertz CT molecular complexity index is 356. The minimum Gasteiger partial charge on any atom is -0.214 e. The van der Waals surface area contributed by atoms with E-state index in [0.29, 0.717) is 5.92 Å². The van der Waals surface area contributed by atoms with E-state index in [0.717, 1.165) is 0 Å². The third-order valence-electron chi connectivity index (χ3n) is 2.60. The Morgan fingerprint density at radius 2 is 1.78 bits per heavy atom. The van der Waals surface area contributed by atoms with Crippen LogP contribution >= 0.6 is 11.1 Å². The molecule has 0 aliphatic heterocycles. The van der Waals surface area contributed by atoms with E-state index < -0.39 is 7.38 Å². The summed E-state index contributed by atoms with van der Waals surface area (Å²) in [6.45, 7) is 6.66. The molecular formula is C15H21ClFeSi. The molecule has 3 heteroatoms. The Kier molecular flexibility index (Phi) is 8.63. The van der Waals surface area contributed by atoms with Gasteiger partial charge >= 0.3 is 17.1 Å². The largest absolute Gasteiger partial charge is 2.00 e. The van der Waals surface area contributed by atoms with Crippen LogP contribution < -0.4 is 0 Å². The smallest absolute Gasteiger partial charge is 0.214 e. The molecule has 0 heterocycles. The fourth-order valence-corrected chi connectivity index (χ4v) is 4.27. The minimum absolute atomic E-state index is 0. The predicted octanol–water partition coefficient (Wildman–Crippen LogP) is 5.36. The summed E-state index contributed by atoms with van der Waals surface area (Å²) in [6, 6.07) is 19.7. The molecule has 1 atom stereocenters. The van der Waals surface area contributed by atoms with Gasteiger partial charge in [0.25, 0.3) is 0 Å². The fraction of sp³-hybridized carbons (Fsp3) is 0.333. The van der Waals surface area contributed by atoms with Gasteiger partial charge in [0, 0.05) is 0 Å². The zero-order valence-corrected chi connectivity index (χ0v) is 14.1. The van der Waals surface area contributed by atoms with Crippen LogP contribution in [-0.2, 0) is 17.1 Å². The van der Waals surface area contributed by atoms with Gasteiger partial charge in [-0.05, 0) is 6.04 Å². The van der Waals surface area contributed by atoms with Crippen molar-refractivity contribution < 1.29 is 17.1 Å². The molecule has 100 valence electrons. The summed E-state index contributed by atoms with van der Waals surface area (Å²) in [5.74, 6) is 0.624. The van der Waals surface area contributed by atoms with Crippen molar-refractivity contribution >= 4 is 18.5 Å². The summed E-state index contributed by atoms with van der Waals surface area (Å²) in [4.78, 5) is 0. The van der Waals surface area contributed by atoms with Crippen LogP contribution in [-0.4, -0.2) is 7.38 Å². The number of rotatable bonds is 3. The Labute approximate surface area is 127 Å². The van der Waals surface area contributed by atoms with Gasteiger partial charge in [0.15, 0.2) is 0 Å². The van der Waals surface area contributed by atoms with E-state index in [-0.39, 0.29) is 17.1 Å². The third-order valence-corrected chi connectivity index (χ3v) is 4.65. The monoisotopic (exact) mass is 320 g/mol. The second kappa shape index (κ2) is 8.76. The standard InChI is InChI=1S/C10H16ClSi.C5H5.Fe/c1-9(8-12(2,3)11)10-6-4-5-7-10;1-2-4-5-3-1;/h4-7,9H,8H2,1-3H3;1-5H;/q2*-1;+2. The molecule has 18 heavy (non-hydrogen) atoms. The van der Waals surface area contributed by atoms with E-state index in [2.05, 4.69) is 44.3 Å². The van der Waals surface area contributed by atoms with Crippen molar-refractivity contribution in [2.24, 2.45) is 0 Å². The summed E-state index contributed by atoms with van der Waals surface area (Å²) in [6.07, 6.45) is 0. The van der Waals surface area contributed by atoms with Crippen LogP contribution in [0.5, 0.6) is 0 Å². The summed E-state index contributed by atoms with van der Waals surface area (Å²) in [5.41, 5.74) is 1.43. The van der Waals surface area contributed by atoms with Crippen molar-refractivity contribution in [2.75, 3.05) is 0 Å². The molecule has 2 aromatic rings. The molecule has 0 spiro atoms. The van der Waals surface area contributed by atoms with Gasteiger partial charge in [-0.3, -0.25) is 0 Å². The van der Waals surface area contributed by atoms with E-state index in [9.17, 15) is 0 Å². The first-order chi connectivity index (χ1) is 7.99. The molecule has 2 rings (SSSR count). The molecule has 0 saturated carbocycles. The fourth-order valence-electron chi connectivity index (χ4n) is 1.88. The maximum Gasteiger partial charge on any atom is 2.00 e. The summed E-state index contributed by atoms with van der Waals surface area (Å²) in [7, 11) is -1.40. The van der Waals surface area contributed by atoms with Gasteiger partial charge in [0.1, 0.15) is 7.38 Å². The molecule has 0 saturated heterocycles. The molecule has 2 aromatic carbocycles. The van der Waals surface area contributed by atoms with Crippen LogP contribution in [0.2, 0.25) is 19.1 Å². The second-order valence-corrected chi connectivity index (χ2v) is 11.9. The van der Waals surface area contributed by atoms with Gasteiger partial charge in [-0.15, -0.1) is 0 Å². The maximum atomic E-state index is 6.28. The predicted molar refractivity (Wildman–Crippen MR) is 80.6 cm³/mol. The van der Waals surface area contributed by atoms with Crippen molar-refractivity contribution in [3.05, 3.63) is 60.2 Å². The molecule has 0 amide bonds. The van der Waals surface area contributed by atoms with Gasteiger partial charge in [0.05, 0.1) is 0 Å². The molecule has 1 unspecified atom stereocenters. The Hall–Kier alpha value is -0.274. The molecule has 0 N–H and O–H groups in total. The van der Waals surface area contributed by atoms with Gasteiger partial charge in [-0.2, -0.15) is 53.0 Å². The third kappa shape index (κ3) is 7.94. The summed E-state index contributed by atoms with van der Waals surface area (Å²) < 4.78 is 0. The minimum atomic E-state index is -1.40. The average Bonchev–Trinajstić information content (AvgIpc) is 2.93. The molecule has 0 nitrogen and oxygen atoms in total. The van der Waals surface area contributed by atoms with Gasteiger partial charge < -0.3 is 0 Å². The van der Waals surface area contributed by atoms with Crippen LogP contribution in [0.4, 0.5) is 0 Å². The Morgan fingerprint density at radius 1 is 1.17 bits per heavy atom. The Balaban J connectivity index is 0.000000405. The van der Waals surface area contributed by atoms with E-state index in [1.54, 1.807) is 0 Å². The SMILES string of the molecule is CC(C[Si](C)(C)Cl)c1cc[cH-]c1.[Fe+2].c1cc[cH-]c1. The van der Waals surface area contributed by atoms with E-state index >= 15 is 0 Å². The molecule has 0 aliphatic carbocycles. The van der Waals surface area contributed by atoms with Gasteiger partial charge in [-0.1, -0.05) is 25.9 Å². The van der Waals surface area contributed by atoms with Gasteiger partial charge in [0.2, 0.25) is 0 Å². The summed E-state index contributed by atoms with van der Waals surface area (Å²) >= 11 is 6.28. The average molecular weight is 321 g/mol. The zero-order valence-electron chi connectivity index (χ0n) is 11.2. The quantitative estimate of drug-likeness (QED) is 0.406. The van der Waals surface area contributed by atoms with E-state index in [1.807, 2.05) is 30.3 Å². The van der Waals surface area contributed by atoms with Crippen LogP contribution in [0.15, 0.2) is 54.6 Å². The number of hydrogen-bond donors (Lipinski definition) is 0. The molecular weight excluding hydrogens is 300 g/mol. The molecule has 0 bridgehead atoms. The van der Waals surface area contributed by atoms with Crippen molar-refractivity contribution in [3.63, 3.8) is 0 Å². The summed E-state index contributed by atoms with van der Waals surface area (Å²) in [5, 5.41) is 0. The van der Waals surface area contributed by atoms with E-state index in [1.165, 1.54) is 11.6 Å². The van der Waals surface area contributed by atoms with Crippen molar-refractivity contribution in [1.82, 2.24) is 0 Å². The first kappa shape index (κ1) is 17.7. The van der Waals surface area contributed by atoms with Crippen molar-refractivity contribution in [1.29, 1.82) is 0 Å². The zero-order chi connectivity index (χ0) is 12.7. The Morgan fingerprint density at radius 3 is 2.11 bits per heavy atom. The molecule has 0 radical (unpaired) electrons. The van der Waals surface area contributed by atoms with E-state index in [4.69, 9.17) is 11.1 Å². The number of halogens is 1. The number of hydrogen-bond acceptors (Lipinski definition) is 0. The van der Waals surface area contributed by atoms with Crippen LogP contribution in [0.1, 0.15) is 18.4 Å². The molecule has 0 aromatic heterocycles. The first-order valence-electron chi connectivity index (χ1n) is 6.06. The first-order valence-corrected chi connectivity index (χ1v) is 10.3. The maximum absolute atomic E-state index is 6.28. The van der Waals surface area contributed by atoms with Crippen LogP contribution in [0, 0.1) is 0 Å². The normalized spacial score (nSPS) is 12.0. The van der Waals surface area contributed by atoms with Crippen molar-refractivity contribution in [2.45, 2.75) is 32.0 Å².